The molecule has 1 heterocycles. The van der Waals surface area contributed by atoms with Crippen molar-refractivity contribution in [2.45, 2.75) is 5.50 Å². The van der Waals surface area contributed by atoms with Gasteiger partial charge in [0.1, 0.15) is 11.3 Å². The molecular formula is C11H9ClFN. The summed E-state index contributed by atoms with van der Waals surface area (Å²) >= 11 is 6.05. The Morgan fingerprint density at radius 3 is 2.50 bits per heavy atom. The van der Waals surface area contributed by atoms with Crippen molar-refractivity contribution in [3.63, 3.8) is 0 Å². The van der Waals surface area contributed by atoms with Crippen molar-refractivity contribution in [3.8, 4) is 0 Å². The zero-order chi connectivity index (χ0) is 9.97. The molecule has 1 aromatic carbocycles. The fraction of sp³-hybridized carbons (Fsp3) is 0.0909. The van der Waals surface area contributed by atoms with E-state index in [1.807, 2.05) is 29.3 Å². The van der Waals surface area contributed by atoms with Gasteiger partial charge in [0.25, 0.3) is 0 Å². The molecule has 3 heteroatoms. The zero-order valence-corrected chi connectivity index (χ0v) is 8.16. The quantitative estimate of drug-likeness (QED) is 0.507. The Balaban J connectivity index is 2.27. The van der Waals surface area contributed by atoms with Crippen LogP contribution in [0.15, 0.2) is 48.7 Å². The van der Waals surface area contributed by atoms with Crippen molar-refractivity contribution in [2.75, 3.05) is 4.90 Å². The van der Waals surface area contributed by atoms with Crippen LogP contribution in [0.3, 0.4) is 0 Å². The Hall–Kier alpha value is -1.28. The van der Waals surface area contributed by atoms with E-state index in [1.54, 1.807) is 12.1 Å². The average molecular weight is 210 g/mol. The summed E-state index contributed by atoms with van der Waals surface area (Å²) in [7, 11) is 0. The summed E-state index contributed by atoms with van der Waals surface area (Å²) in [5, 5.41) is 0. The van der Waals surface area contributed by atoms with Gasteiger partial charge in [0.15, 0.2) is 0 Å². The lowest BCUT2D eigenvalue weighted by atomic mass is 10.2. The predicted molar refractivity (Wildman–Crippen MR) is 56.8 cm³/mol. The molecule has 0 bridgehead atoms. The number of allylic oxidation sites excluding steroid dienone is 2. The highest BCUT2D eigenvalue weighted by Gasteiger charge is 2.12. The van der Waals surface area contributed by atoms with E-state index in [2.05, 4.69) is 0 Å². The maximum atomic E-state index is 12.7. The largest absolute Gasteiger partial charge is 0.328 e. The number of halogens is 2. The van der Waals surface area contributed by atoms with Crippen molar-refractivity contribution in [2.24, 2.45) is 0 Å². The molecule has 1 nitrogen and oxygen atoms in total. The van der Waals surface area contributed by atoms with Gasteiger partial charge in [-0.2, -0.15) is 0 Å². The van der Waals surface area contributed by atoms with Crippen LogP contribution in [-0.4, -0.2) is 5.50 Å². The van der Waals surface area contributed by atoms with Gasteiger partial charge in [0.2, 0.25) is 0 Å². The predicted octanol–water partition coefficient (Wildman–Crippen LogP) is 3.28. The molecule has 0 spiro atoms. The van der Waals surface area contributed by atoms with Crippen LogP contribution in [-0.2, 0) is 0 Å². The van der Waals surface area contributed by atoms with Crippen molar-refractivity contribution in [1.82, 2.24) is 0 Å². The average Bonchev–Trinajstić information content (AvgIpc) is 2.20. The highest BCUT2D eigenvalue weighted by atomic mass is 35.5. The van der Waals surface area contributed by atoms with Gasteiger partial charge in [-0.25, -0.2) is 4.39 Å². The Morgan fingerprint density at radius 1 is 1.14 bits per heavy atom. The smallest absolute Gasteiger partial charge is 0.127 e. The van der Waals surface area contributed by atoms with E-state index in [9.17, 15) is 4.39 Å². The van der Waals surface area contributed by atoms with Crippen LogP contribution in [0.2, 0.25) is 0 Å². The molecule has 0 N–H and O–H groups in total. The molecular weight excluding hydrogens is 201 g/mol. The number of hydrogen-bond acceptors (Lipinski definition) is 1. The van der Waals surface area contributed by atoms with Crippen molar-refractivity contribution in [3.05, 3.63) is 54.5 Å². The molecule has 0 radical (unpaired) electrons. The molecule has 0 aromatic heterocycles. The maximum absolute atomic E-state index is 12.7. The van der Waals surface area contributed by atoms with Crippen LogP contribution in [0.25, 0.3) is 0 Å². The van der Waals surface area contributed by atoms with Crippen LogP contribution in [0.1, 0.15) is 0 Å². The molecule has 0 saturated carbocycles. The van der Waals surface area contributed by atoms with Crippen molar-refractivity contribution < 1.29 is 4.39 Å². The minimum Gasteiger partial charge on any atom is -0.328 e. The summed E-state index contributed by atoms with van der Waals surface area (Å²) < 4.78 is 12.7. The first-order chi connectivity index (χ1) is 6.77. The number of hydrogen-bond donors (Lipinski definition) is 0. The minimum absolute atomic E-state index is 0.203. The van der Waals surface area contributed by atoms with Crippen LogP contribution in [0.4, 0.5) is 10.1 Å². The first-order valence-corrected chi connectivity index (χ1v) is 4.74. The number of alkyl halides is 1. The summed E-state index contributed by atoms with van der Waals surface area (Å²) in [5.74, 6) is -0.239. The number of anilines is 1. The van der Waals surface area contributed by atoms with Gasteiger partial charge in [0, 0.05) is 11.9 Å². The van der Waals surface area contributed by atoms with Gasteiger partial charge in [0.05, 0.1) is 0 Å². The lowest BCUT2D eigenvalue weighted by molar-refractivity contribution is 0.627. The normalized spacial score (nSPS) is 20.1. The van der Waals surface area contributed by atoms with Gasteiger partial charge in [-0.15, -0.1) is 0 Å². The van der Waals surface area contributed by atoms with E-state index in [0.29, 0.717) is 0 Å². The fourth-order valence-electron chi connectivity index (χ4n) is 1.31. The first kappa shape index (κ1) is 9.28. The van der Waals surface area contributed by atoms with Gasteiger partial charge in [-0.3, -0.25) is 0 Å². The Kier molecular flexibility index (Phi) is 2.55. The number of nitrogens with zero attached hydrogens (tertiary/aromatic N) is 1. The summed E-state index contributed by atoms with van der Waals surface area (Å²) in [6.45, 7) is 0. The van der Waals surface area contributed by atoms with E-state index in [-0.39, 0.29) is 11.3 Å². The molecule has 1 aliphatic rings. The van der Waals surface area contributed by atoms with E-state index < -0.39 is 0 Å². The molecule has 14 heavy (non-hydrogen) atoms. The zero-order valence-electron chi connectivity index (χ0n) is 7.40. The summed E-state index contributed by atoms with van der Waals surface area (Å²) in [5.41, 5.74) is 0.678. The lowest BCUT2D eigenvalue weighted by Crippen LogP contribution is -2.25. The highest BCUT2D eigenvalue weighted by molar-refractivity contribution is 6.23. The molecule has 1 aromatic rings. The third kappa shape index (κ3) is 1.80. The van der Waals surface area contributed by atoms with Gasteiger partial charge >= 0.3 is 0 Å². The maximum Gasteiger partial charge on any atom is 0.127 e. The van der Waals surface area contributed by atoms with Crippen molar-refractivity contribution in [1.29, 1.82) is 0 Å². The molecule has 1 unspecified atom stereocenters. The monoisotopic (exact) mass is 209 g/mol. The fourth-order valence-corrected chi connectivity index (χ4v) is 1.58. The van der Waals surface area contributed by atoms with Crippen LogP contribution < -0.4 is 4.90 Å². The van der Waals surface area contributed by atoms with Crippen LogP contribution >= 0.6 is 11.6 Å². The molecule has 2 rings (SSSR count). The molecule has 0 saturated heterocycles. The van der Waals surface area contributed by atoms with E-state index in [0.717, 1.165) is 5.69 Å². The summed E-state index contributed by atoms with van der Waals surface area (Å²) in [4.78, 5) is 1.86. The second-order valence-electron chi connectivity index (χ2n) is 2.98. The SMILES string of the molecule is Fc1ccc(N2C=CC=CC2Cl)cc1. The number of rotatable bonds is 1. The lowest BCUT2D eigenvalue weighted by Gasteiger charge is -2.25. The molecule has 1 aliphatic heterocycles. The molecule has 1 atom stereocenters. The second-order valence-corrected chi connectivity index (χ2v) is 3.43. The Morgan fingerprint density at radius 2 is 1.86 bits per heavy atom. The van der Waals surface area contributed by atoms with Gasteiger partial charge in [-0.1, -0.05) is 17.7 Å². The topological polar surface area (TPSA) is 3.24 Å². The third-order valence-electron chi connectivity index (χ3n) is 2.02. The Labute approximate surface area is 87.1 Å². The Bertz CT molecular complexity index is 369. The van der Waals surface area contributed by atoms with Crippen molar-refractivity contribution >= 4 is 17.3 Å². The first-order valence-electron chi connectivity index (χ1n) is 4.30. The summed E-state index contributed by atoms with van der Waals surface area (Å²) in [6.07, 6.45) is 7.51. The molecule has 72 valence electrons. The number of benzene rings is 1. The standard InChI is InChI=1S/C11H9ClFN/c12-11-3-1-2-8-14(11)10-6-4-9(13)5-7-10/h1-8,11H. The van der Waals surface area contributed by atoms with E-state index in [1.165, 1.54) is 12.1 Å². The molecule has 0 aliphatic carbocycles. The van der Waals surface area contributed by atoms with Crippen LogP contribution in [0, 0.1) is 5.82 Å². The molecule has 0 fully saturated rings. The van der Waals surface area contributed by atoms with E-state index in [4.69, 9.17) is 11.6 Å². The molecule has 0 amide bonds. The highest BCUT2D eigenvalue weighted by Crippen LogP contribution is 2.22. The van der Waals surface area contributed by atoms with Gasteiger partial charge in [-0.05, 0) is 36.4 Å². The van der Waals surface area contributed by atoms with E-state index >= 15 is 0 Å². The minimum atomic E-state index is -0.239. The second kappa shape index (κ2) is 3.84. The third-order valence-corrected chi connectivity index (χ3v) is 2.37. The summed E-state index contributed by atoms with van der Waals surface area (Å²) in [6, 6.07) is 6.25. The van der Waals surface area contributed by atoms with Crippen LogP contribution in [0.5, 0.6) is 0 Å². The van der Waals surface area contributed by atoms with Gasteiger partial charge < -0.3 is 4.90 Å².